The molecule has 0 aliphatic rings. The standard InChI is InChI=1S/C7H14N2O5/c1-2-3-14-7(13,6(11)12)9-5(10)4-8/h13H,2-4,8H2,1H3,(H,9,10)(H,11,12). The molecule has 0 heterocycles. The van der Waals surface area contributed by atoms with Gasteiger partial charge >= 0.3 is 11.9 Å². The average Bonchev–Trinajstić information content (AvgIpc) is 2.14. The molecule has 0 aromatic carbocycles. The van der Waals surface area contributed by atoms with Crippen molar-refractivity contribution in [3.8, 4) is 0 Å². The Hall–Kier alpha value is -1.18. The molecule has 0 aliphatic carbocycles. The highest BCUT2D eigenvalue weighted by molar-refractivity contribution is 5.85. The lowest BCUT2D eigenvalue weighted by Gasteiger charge is -2.23. The summed E-state index contributed by atoms with van der Waals surface area (Å²) in [5.41, 5.74) is 4.94. The number of hydrogen-bond acceptors (Lipinski definition) is 5. The summed E-state index contributed by atoms with van der Waals surface area (Å²) in [6.45, 7) is 1.31. The van der Waals surface area contributed by atoms with Crippen molar-refractivity contribution in [1.29, 1.82) is 0 Å². The maximum Gasteiger partial charge on any atom is 0.387 e. The number of hydrogen-bond donors (Lipinski definition) is 4. The maximum absolute atomic E-state index is 10.8. The van der Waals surface area contributed by atoms with Crippen molar-refractivity contribution in [2.75, 3.05) is 13.2 Å². The maximum atomic E-state index is 10.8. The molecule has 5 N–H and O–H groups in total. The molecule has 0 aliphatic heterocycles. The van der Waals surface area contributed by atoms with Crippen molar-refractivity contribution in [2.45, 2.75) is 19.3 Å². The molecule has 0 spiro atoms. The lowest BCUT2D eigenvalue weighted by atomic mass is 10.4. The highest BCUT2D eigenvalue weighted by atomic mass is 16.7. The number of carbonyl (C=O) groups excluding carboxylic acids is 1. The van der Waals surface area contributed by atoms with Crippen LogP contribution < -0.4 is 11.1 Å². The Morgan fingerprint density at radius 3 is 2.50 bits per heavy atom. The summed E-state index contributed by atoms with van der Waals surface area (Å²) in [7, 11) is 0. The summed E-state index contributed by atoms with van der Waals surface area (Å²) in [4.78, 5) is 21.3. The third-order valence-electron chi connectivity index (χ3n) is 1.30. The van der Waals surface area contributed by atoms with Crippen LogP contribution in [-0.2, 0) is 14.3 Å². The lowest BCUT2D eigenvalue weighted by molar-refractivity contribution is -0.235. The number of ether oxygens (including phenoxy) is 1. The summed E-state index contributed by atoms with van der Waals surface area (Å²) >= 11 is 0. The fraction of sp³-hybridized carbons (Fsp3) is 0.714. The molecular weight excluding hydrogens is 192 g/mol. The number of aliphatic carboxylic acids is 1. The van der Waals surface area contributed by atoms with Crippen LogP contribution in [0.3, 0.4) is 0 Å². The normalized spacial score (nSPS) is 14.5. The molecule has 7 heteroatoms. The molecule has 0 aromatic heterocycles. The second-order valence-corrected chi connectivity index (χ2v) is 2.55. The van der Waals surface area contributed by atoms with Crippen molar-refractivity contribution >= 4 is 11.9 Å². The minimum absolute atomic E-state index is 0.00759. The summed E-state index contributed by atoms with van der Waals surface area (Å²) in [6, 6.07) is 0. The first-order valence-electron chi connectivity index (χ1n) is 4.07. The Balaban J connectivity index is 4.39. The Labute approximate surface area is 80.8 Å². The molecule has 82 valence electrons. The van der Waals surface area contributed by atoms with Gasteiger partial charge in [0.2, 0.25) is 5.91 Å². The van der Waals surface area contributed by atoms with E-state index in [9.17, 15) is 14.7 Å². The lowest BCUT2D eigenvalue weighted by Crippen LogP contribution is -2.58. The largest absolute Gasteiger partial charge is 0.476 e. The summed E-state index contributed by atoms with van der Waals surface area (Å²) < 4.78 is 4.58. The van der Waals surface area contributed by atoms with Crippen LogP contribution in [0, 0.1) is 0 Å². The first-order chi connectivity index (χ1) is 6.46. The van der Waals surface area contributed by atoms with E-state index in [-0.39, 0.29) is 6.61 Å². The molecule has 14 heavy (non-hydrogen) atoms. The Kier molecular flexibility index (Phi) is 5.06. The van der Waals surface area contributed by atoms with E-state index in [1.807, 2.05) is 0 Å². The highest BCUT2D eigenvalue weighted by Crippen LogP contribution is 2.03. The second-order valence-electron chi connectivity index (χ2n) is 2.55. The van der Waals surface area contributed by atoms with E-state index < -0.39 is 24.3 Å². The Bertz CT molecular complexity index is 220. The van der Waals surface area contributed by atoms with Crippen molar-refractivity contribution in [3.63, 3.8) is 0 Å². The van der Waals surface area contributed by atoms with Gasteiger partial charge in [-0.15, -0.1) is 0 Å². The predicted molar refractivity (Wildman–Crippen MR) is 46.0 cm³/mol. The summed E-state index contributed by atoms with van der Waals surface area (Å²) in [5, 5.41) is 19.6. The van der Waals surface area contributed by atoms with Crippen LogP contribution in [-0.4, -0.2) is 41.2 Å². The van der Waals surface area contributed by atoms with Crippen molar-refractivity contribution in [2.24, 2.45) is 5.73 Å². The van der Waals surface area contributed by atoms with Crippen LogP contribution in [0.2, 0.25) is 0 Å². The minimum Gasteiger partial charge on any atom is -0.476 e. The average molecular weight is 206 g/mol. The SMILES string of the molecule is CCCOC(O)(NC(=O)CN)C(=O)O. The number of nitrogens with one attached hydrogen (secondary N) is 1. The number of aliphatic hydroxyl groups is 1. The molecule has 0 rings (SSSR count). The van der Waals surface area contributed by atoms with Crippen molar-refractivity contribution in [3.05, 3.63) is 0 Å². The van der Waals surface area contributed by atoms with Crippen molar-refractivity contribution < 1.29 is 24.5 Å². The number of carboxylic acids is 1. The van der Waals surface area contributed by atoms with Crippen LogP contribution in [0.1, 0.15) is 13.3 Å². The van der Waals surface area contributed by atoms with E-state index in [1.54, 1.807) is 12.2 Å². The van der Waals surface area contributed by atoms with Gasteiger partial charge in [-0.2, -0.15) is 0 Å². The van der Waals surface area contributed by atoms with Crippen LogP contribution in [0.25, 0.3) is 0 Å². The van der Waals surface area contributed by atoms with Crippen LogP contribution in [0.15, 0.2) is 0 Å². The van der Waals surface area contributed by atoms with Gasteiger partial charge in [0.1, 0.15) is 0 Å². The van der Waals surface area contributed by atoms with Gasteiger partial charge in [-0.3, -0.25) is 10.1 Å². The van der Waals surface area contributed by atoms with Gasteiger partial charge in [-0.1, -0.05) is 6.92 Å². The van der Waals surface area contributed by atoms with Gasteiger partial charge in [0.25, 0.3) is 0 Å². The van der Waals surface area contributed by atoms with E-state index in [2.05, 4.69) is 4.74 Å². The molecule has 1 amide bonds. The molecule has 1 atom stereocenters. The molecule has 0 saturated carbocycles. The first kappa shape index (κ1) is 12.8. The molecule has 0 fully saturated rings. The Morgan fingerprint density at radius 2 is 2.14 bits per heavy atom. The van der Waals surface area contributed by atoms with Gasteiger partial charge in [-0.25, -0.2) is 4.79 Å². The zero-order chi connectivity index (χ0) is 11.2. The van der Waals surface area contributed by atoms with E-state index in [0.717, 1.165) is 0 Å². The molecule has 0 radical (unpaired) electrons. The molecule has 0 aromatic rings. The zero-order valence-electron chi connectivity index (χ0n) is 7.82. The summed E-state index contributed by atoms with van der Waals surface area (Å²) in [6.07, 6.45) is 0.508. The quantitative estimate of drug-likeness (QED) is 0.381. The molecule has 7 nitrogen and oxygen atoms in total. The zero-order valence-corrected chi connectivity index (χ0v) is 7.82. The topological polar surface area (TPSA) is 122 Å². The van der Waals surface area contributed by atoms with E-state index in [0.29, 0.717) is 6.42 Å². The third-order valence-corrected chi connectivity index (χ3v) is 1.30. The fourth-order valence-electron chi connectivity index (χ4n) is 0.641. The van der Waals surface area contributed by atoms with Gasteiger partial charge in [0.15, 0.2) is 0 Å². The van der Waals surface area contributed by atoms with Crippen LogP contribution in [0.5, 0.6) is 0 Å². The van der Waals surface area contributed by atoms with Gasteiger partial charge < -0.3 is 20.7 Å². The number of rotatable bonds is 6. The van der Waals surface area contributed by atoms with Gasteiger partial charge in [-0.05, 0) is 6.42 Å². The molecule has 0 bridgehead atoms. The minimum atomic E-state index is -2.69. The Morgan fingerprint density at radius 1 is 1.57 bits per heavy atom. The van der Waals surface area contributed by atoms with Gasteiger partial charge in [0.05, 0.1) is 13.2 Å². The second kappa shape index (κ2) is 5.53. The smallest absolute Gasteiger partial charge is 0.387 e. The fourth-order valence-corrected chi connectivity index (χ4v) is 0.641. The molecule has 1 unspecified atom stereocenters. The highest BCUT2D eigenvalue weighted by Gasteiger charge is 2.38. The molecule has 0 saturated heterocycles. The third kappa shape index (κ3) is 3.69. The number of carboxylic acid groups (broad SMARTS) is 1. The number of amides is 1. The van der Waals surface area contributed by atoms with E-state index in [4.69, 9.17) is 10.8 Å². The van der Waals surface area contributed by atoms with Crippen LogP contribution in [0.4, 0.5) is 0 Å². The van der Waals surface area contributed by atoms with Crippen LogP contribution >= 0.6 is 0 Å². The first-order valence-corrected chi connectivity index (χ1v) is 4.07. The summed E-state index contributed by atoms with van der Waals surface area (Å²) in [5.74, 6) is -5.19. The van der Waals surface area contributed by atoms with Crippen molar-refractivity contribution in [1.82, 2.24) is 5.32 Å². The molecular formula is C7H14N2O5. The van der Waals surface area contributed by atoms with E-state index >= 15 is 0 Å². The number of carbonyl (C=O) groups is 2. The monoisotopic (exact) mass is 206 g/mol. The predicted octanol–water partition coefficient (Wildman–Crippen LogP) is -1.78. The van der Waals surface area contributed by atoms with E-state index in [1.165, 1.54) is 0 Å². The number of nitrogens with two attached hydrogens (primary N) is 1. The van der Waals surface area contributed by atoms with Gasteiger partial charge in [0, 0.05) is 0 Å².